The maximum atomic E-state index is 12.2. The van der Waals surface area contributed by atoms with Crippen molar-refractivity contribution in [3.63, 3.8) is 0 Å². The minimum Gasteiger partial charge on any atom is -0.387 e. The van der Waals surface area contributed by atoms with Crippen molar-refractivity contribution >= 4 is 27.7 Å². The Morgan fingerprint density at radius 1 is 1.00 bits per heavy atom. The van der Waals surface area contributed by atoms with E-state index in [-0.39, 0.29) is 11.8 Å². The second-order valence-electron chi connectivity index (χ2n) is 4.72. The first kappa shape index (κ1) is 15.0. The average Bonchev–Trinajstić information content (AvgIpc) is 2.49. The van der Waals surface area contributed by atoms with E-state index in [9.17, 15) is 9.59 Å². The number of carbonyl (C=O) groups excluding carboxylic acids is 2. The van der Waals surface area contributed by atoms with Gasteiger partial charge in [-0.3, -0.25) is 9.59 Å². The lowest BCUT2D eigenvalue weighted by Crippen LogP contribution is -2.51. The normalized spacial score (nSPS) is 15.3. The highest BCUT2D eigenvalue weighted by molar-refractivity contribution is 9.10. The van der Waals surface area contributed by atoms with Gasteiger partial charge in [0.1, 0.15) is 6.61 Å². The van der Waals surface area contributed by atoms with Crippen molar-refractivity contribution in [2.75, 3.05) is 32.8 Å². The summed E-state index contributed by atoms with van der Waals surface area (Å²) in [5, 5.41) is 8.80. The zero-order valence-corrected chi connectivity index (χ0v) is 12.7. The van der Waals surface area contributed by atoms with E-state index >= 15 is 0 Å². The van der Waals surface area contributed by atoms with Gasteiger partial charge in [-0.05, 0) is 17.7 Å². The van der Waals surface area contributed by atoms with Crippen molar-refractivity contribution < 1.29 is 14.7 Å². The number of rotatable bonds is 3. The summed E-state index contributed by atoms with van der Waals surface area (Å²) in [6.45, 7) is 1.58. The maximum absolute atomic E-state index is 12.2. The zero-order chi connectivity index (χ0) is 14.5. The molecule has 0 unspecified atom stereocenters. The lowest BCUT2D eigenvalue weighted by atomic mass is 10.1. The van der Waals surface area contributed by atoms with Crippen LogP contribution in [0, 0.1) is 0 Å². The van der Waals surface area contributed by atoms with E-state index in [1.54, 1.807) is 9.80 Å². The Labute approximate surface area is 126 Å². The quantitative estimate of drug-likeness (QED) is 0.879. The Bertz CT molecular complexity index is 482. The summed E-state index contributed by atoms with van der Waals surface area (Å²) in [4.78, 5) is 26.8. The van der Waals surface area contributed by atoms with Crippen LogP contribution in [-0.4, -0.2) is 59.5 Å². The number of benzene rings is 1. The fourth-order valence-corrected chi connectivity index (χ4v) is 2.46. The van der Waals surface area contributed by atoms with Gasteiger partial charge in [-0.1, -0.05) is 28.1 Å². The van der Waals surface area contributed by atoms with E-state index in [0.717, 1.165) is 10.0 Å². The average molecular weight is 341 g/mol. The van der Waals surface area contributed by atoms with Gasteiger partial charge in [0.2, 0.25) is 11.8 Å². The number of carbonyl (C=O) groups is 2. The Balaban J connectivity index is 1.85. The molecule has 2 rings (SSSR count). The molecule has 0 saturated carbocycles. The molecule has 1 aromatic rings. The van der Waals surface area contributed by atoms with Gasteiger partial charge in [0.05, 0.1) is 6.42 Å². The molecule has 20 heavy (non-hydrogen) atoms. The standard InChI is InChI=1S/C14H17BrN2O3/c15-12-3-1-11(2-4-12)9-13(19)16-5-7-17(8-6-16)14(20)10-18/h1-4,18H,5-10H2. The number of amides is 2. The van der Waals surface area contributed by atoms with Gasteiger partial charge < -0.3 is 14.9 Å². The van der Waals surface area contributed by atoms with Crippen LogP contribution >= 0.6 is 15.9 Å². The highest BCUT2D eigenvalue weighted by Gasteiger charge is 2.23. The molecule has 108 valence electrons. The maximum Gasteiger partial charge on any atom is 0.248 e. The molecule has 1 fully saturated rings. The topological polar surface area (TPSA) is 60.9 Å². The molecule has 1 aliphatic rings. The van der Waals surface area contributed by atoms with Crippen molar-refractivity contribution in [1.29, 1.82) is 0 Å². The fourth-order valence-electron chi connectivity index (χ4n) is 2.19. The molecule has 2 amide bonds. The number of piperazine rings is 1. The summed E-state index contributed by atoms with van der Waals surface area (Å²) in [6, 6.07) is 7.68. The first-order valence-electron chi connectivity index (χ1n) is 6.51. The SMILES string of the molecule is O=C(CO)N1CCN(C(=O)Cc2ccc(Br)cc2)CC1. The van der Waals surface area contributed by atoms with Gasteiger partial charge in [0.25, 0.3) is 0 Å². The molecule has 0 atom stereocenters. The molecule has 1 N–H and O–H groups in total. The molecule has 0 spiro atoms. The third kappa shape index (κ3) is 3.80. The van der Waals surface area contributed by atoms with Crippen LogP contribution in [-0.2, 0) is 16.0 Å². The van der Waals surface area contributed by atoms with E-state index in [4.69, 9.17) is 5.11 Å². The predicted octanol–water partition coefficient (Wildman–Crippen LogP) is 0.655. The second kappa shape index (κ2) is 6.85. The van der Waals surface area contributed by atoms with Gasteiger partial charge in [-0.2, -0.15) is 0 Å². The Morgan fingerprint density at radius 2 is 1.50 bits per heavy atom. The van der Waals surface area contributed by atoms with Crippen LogP contribution in [0.15, 0.2) is 28.7 Å². The van der Waals surface area contributed by atoms with E-state index in [1.807, 2.05) is 24.3 Å². The van der Waals surface area contributed by atoms with Crippen molar-refractivity contribution in [1.82, 2.24) is 9.80 Å². The molecule has 5 nitrogen and oxygen atoms in total. The summed E-state index contributed by atoms with van der Waals surface area (Å²) < 4.78 is 0.991. The van der Waals surface area contributed by atoms with E-state index in [1.165, 1.54) is 0 Å². The Kier molecular flexibility index (Phi) is 5.14. The van der Waals surface area contributed by atoms with Crippen molar-refractivity contribution in [2.45, 2.75) is 6.42 Å². The second-order valence-corrected chi connectivity index (χ2v) is 5.64. The number of halogens is 1. The summed E-state index contributed by atoms with van der Waals surface area (Å²) in [7, 11) is 0. The number of aliphatic hydroxyl groups is 1. The van der Waals surface area contributed by atoms with Gasteiger partial charge in [-0.15, -0.1) is 0 Å². The van der Waals surface area contributed by atoms with Crippen LogP contribution in [0.5, 0.6) is 0 Å². The lowest BCUT2D eigenvalue weighted by Gasteiger charge is -2.34. The van der Waals surface area contributed by atoms with Crippen LogP contribution < -0.4 is 0 Å². The van der Waals surface area contributed by atoms with Gasteiger partial charge in [-0.25, -0.2) is 0 Å². The fraction of sp³-hybridized carbons (Fsp3) is 0.429. The minimum atomic E-state index is -0.465. The Morgan fingerprint density at radius 3 is 2.00 bits per heavy atom. The molecular formula is C14H17BrN2O3. The summed E-state index contributed by atoms with van der Waals surface area (Å²) >= 11 is 3.36. The number of hydrogen-bond acceptors (Lipinski definition) is 3. The number of hydrogen-bond donors (Lipinski definition) is 1. The summed E-state index contributed by atoms with van der Waals surface area (Å²) in [5.74, 6) is -0.201. The number of aliphatic hydroxyl groups excluding tert-OH is 1. The third-order valence-electron chi connectivity index (χ3n) is 3.39. The molecule has 0 radical (unpaired) electrons. The van der Waals surface area contributed by atoms with Crippen LogP contribution in [0.1, 0.15) is 5.56 Å². The summed E-state index contributed by atoms with van der Waals surface area (Å²) in [6.07, 6.45) is 0.376. The molecule has 0 bridgehead atoms. The first-order valence-corrected chi connectivity index (χ1v) is 7.30. The highest BCUT2D eigenvalue weighted by atomic mass is 79.9. The van der Waals surface area contributed by atoms with Gasteiger partial charge in [0.15, 0.2) is 0 Å². The van der Waals surface area contributed by atoms with Crippen molar-refractivity contribution in [3.05, 3.63) is 34.3 Å². The van der Waals surface area contributed by atoms with Crippen LogP contribution in [0.25, 0.3) is 0 Å². The van der Waals surface area contributed by atoms with Gasteiger partial charge in [0, 0.05) is 30.7 Å². The van der Waals surface area contributed by atoms with E-state index < -0.39 is 6.61 Å². The van der Waals surface area contributed by atoms with Crippen LogP contribution in [0.4, 0.5) is 0 Å². The monoisotopic (exact) mass is 340 g/mol. The lowest BCUT2D eigenvalue weighted by molar-refractivity contribution is -0.140. The number of nitrogens with zero attached hydrogens (tertiary/aromatic N) is 2. The molecule has 0 aromatic heterocycles. The smallest absolute Gasteiger partial charge is 0.248 e. The highest BCUT2D eigenvalue weighted by Crippen LogP contribution is 2.12. The van der Waals surface area contributed by atoms with Crippen molar-refractivity contribution in [3.8, 4) is 0 Å². The Hall–Kier alpha value is -1.40. The molecule has 0 aliphatic carbocycles. The first-order chi connectivity index (χ1) is 9.60. The molecule has 1 heterocycles. The predicted molar refractivity (Wildman–Crippen MR) is 78.1 cm³/mol. The molecule has 1 saturated heterocycles. The van der Waals surface area contributed by atoms with Gasteiger partial charge >= 0.3 is 0 Å². The largest absolute Gasteiger partial charge is 0.387 e. The molecule has 6 heteroatoms. The van der Waals surface area contributed by atoms with Crippen LogP contribution in [0.2, 0.25) is 0 Å². The van der Waals surface area contributed by atoms with Crippen LogP contribution in [0.3, 0.4) is 0 Å². The minimum absolute atomic E-state index is 0.0726. The molecule has 1 aromatic carbocycles. The zero-order valence-electron chi connectivity index (χ0n) is 11.1. The molecule has 1 aliphatic heterocycles. The molecular weight excluding hydrogens is 324 g/mol. The third-order valence-corrected chi connectivity index (χ3v) is 3.92. The van der Waals surface area contributed by atoms with E-state index in [0.29, 0.717) is 32.6 Å². The van der Waals surface area contributed by atoms with Crippen molar-refractivity contribution in [2.24, 2.45) is 0 Å². The van der Waals surface area contributed by atoms with E-state index in [2.05, 4.69) is 15.9 Å². The summed E-state index contributed by atoms with van der Waals surface area (Å²) in [5.41, 5.74) is 0.979.